The first-order chi connectivity index (χ1) is 13.5. The molecule has 7 heteroatoms. The fraction of sp³-hybridized carbons (Fsp3) is 0.143. The molecule has 142 valence electrons. The maximum absolute atomic E-state index is 12.2. The number of nitrogens with zero attached hydrogens (tertiary/aromatic N) is 2. The van der Waals surface area contributed by atoms with Crippen molar-refractivity contribution >= 4 is 29.0 Å². The molecular weight excluding hydrogens is 354 g/mol. The van der Waals surface area contributed by atoms with Crippen molar-refractivity contribution in [1.29, 1.82) is 0 Å². The first-order valence-corrected chi connectivity index (χ1v) is 8.80. The van der Waals surface area contributed by atoms with Crippen LogP contribution in [0.3, 0.4) is 0 Å². The maximum atomic E-state index is 12.2. The van der Waals surface area contributed by atoms with Crippen molar-refractivity contribution in [2.24, 2.45) is 0 Å². The van der Waals surface area contributed by atoms with E-state index in [1.807, 2.05) is 43.3 Å². The van der Waals surface area contributed by atoms with Crippen LogP contribution in [0.2, 0.25) is 0 Å². The average Bonchev–Trinajstić information content (AvgIpc) is 2.68. The highest BCUT2D eigenvalue weighted by atomic mass is 16.2. The summed E-state index contributed by atoms with van der Waals surface area (Å²) in [6, 6.07) is 15.1. The van der Waals surface area contributed by atoms with Gasteiger partial charge in [-0.05, 0) is 36.8 Å². The minimum Gasteiger partial charge on any atom is -0.347 e. The van der Waals surface area contributed by atoms with Gasteiger partial charge in [0.1, 0.15) is 11.5 Å². The molecule has 0 aliphatic rings. The van der Waals surface area contributed by atoms with E-state index in [0.29, 0.717) is 18.1 Å². The molecule has 0 saturated heterocycles. The van der Waals surface area contributed by atoms with Crippen LogP contribution in [-0.2, 0) is 11.3 Å². The van der Waals surface area contributed by atoms with E-state index in [0.717, 1.165) is 16.8 Å². The Kier molecular flexibility index (Phi) is 5.96. The lowest BCUT2D eigenvalue weighted by atomic mass is 10.1. The number of anilines is 3. The first-order valence-electron chi connectivity index (χ1n) is 8.80. The SMILES string of the molecule is CC(=O)Nc1ccc(Nc2cnc(C(=O)NCc3cccc(C)c3)cn2)cc1. The number of rotatable bonds is 6. The van der Waals surface area contributed by atoms with Gasteiger partial charge in [-0.25, -0.2) is 9.97 Å². The van der Waals surface area contributed by atoms with E-state index < -0.39 is 0 Å². The van der Waals surface area contributed by atoms with E-state index in [4.69, 9.17) is 0 Å². The van der Waals surface area contributed by atoms with Crippen LogP contribution >= 0.6 is 0 Å². The van der Waals surface area contributed by atoms with Crippen molar-refractivity contribution in [3.63, 3.8) is 0 Å². The molecule has 1 heterocycles. The van der Waals surface area contributed by atoms with Crippen LogP contribution in [0.25, 0.3) is 0 Å². The molecule has 3 N–H and O–H groups in total. The number of aromatic nitrogens is 2. The molecule has 0 saturated carbocycles. The minimum absolute atomic E-state index is 0.122. The zero-order valence-corrected chi connectivity index (χ0v) is 15.7. The number of carbonyl (C=O) groups is 2. The first kappa shape index (κ1) is 19.0. The Morgan fingerprint density at radius 1 is 0.964 bits per heavy atom. The number of hydrogen-bond donors (Lipinski definition) is 3. The zero-order valence-electron chi connectivity index (χ0n) is 15.7. The Hall–Kier alpha value is -3.74. The fourth-order valence-electron chi connectivity index (χ4n) is 2.59. The van der Waals surface area contributed by atoms with Gasteiger partial charge >= 0.3 is 0 Å². The predicted octanol–water partition coefficient (Wildman–Crippen LogP) is 3.42. The van der Waals surface area contributed by atoms with Gasteiger partial charge in [0, 0.05) is 24.8 Å². The molecule has 7 nitrogen and oxygen atoms in total. The second kappa shape index (κ2) is 8.77. The van der Waals surface area contributed by atoms with Crippen molar-refractivity contribution in [1.82, 2.24) is 15.3 Å². The van der Waals surface area contributed by atoms with Crippen molar-refractivity contribution < 1.29 is 9.59 Å². The van der Waals surface area contributed by atoms with Gasteiger partial charge < -0.3 is 16.0 Å². The lowest BCUT2D eigenvalue weighted by molar-refractivity contribution is -0.114. The molecule has 2 aromatic carbocycles. The molecule has 0 fully saturated rings. The van der Waals surface area contributed by atoms with Crippen LogP contribution in [0.15, 0.2) is 60.9 Å². The summed E-state index contributed by atoms with van der Waals surface area (Å²) in [7, 11) is 0. The van der Waals surface area contributed by atoms with Crippen LogP contribution in [-0.4, -0.2) is 21.8 Å². The number of hydrogen-bond acceptors (Lipinski definition) is 5. The van der Waals surface area contributed by atoms with Crippen LogP contribution in [0.1, 0.15) is 28.5 Å². The lowest BCUT2D eigenvalue weighted by Gasteiger charge is -2.08. The smallest absolute Gasteiger partial charge is 0.271 e. The van der Waals surface area contributed by atoms with Crippen LogP contribution in [0.4, 0.5) is 17.2 Å². The molecule has 0 atom stereocenters. The normalized spacial score (nSPS) is 10.2. The van der Waals surface area contributed by atoms with E-state index in [1.54, 1.807) is 12.1 Å². The monoisotopic (exact) mass is 375 g/mol. The van der Waals surface area contributed by atoms with E-state index in [2.05, 4.69) is 25.9 Å². The molecule has 0 unspecified atom stereocenters. The summed E-state index contributed by atoms with van der Waals surface area (Å²) in [5.41, 5.74) is 3.93. The van der Waals surface area contributed by atoms with E-state index in [-0.39, 0.29) is 17.5 Å². The van der Waals surface area contributed by atoms with Gasteiger partial charge in [0.25, 0.3) is 5.91 Å². The number of nitrogens with one attached hydrogen (secondary N) is 3. The Balaban J connectivity index is 1.56. The summed E-state index contributed by atoms with van der Waals surface area (Å²) in [5, 5.41) is 8.64. The van der Waals surface area contributed by atoms with Gasteiger partial charge in [-0.1, -0.05) is 29.8 Å². The van der Waals surface area contributed by atoms with E-state index >= 15 is 0 Å². The molecule has 3 aromatic rings. The lowest BCUT2D eigenvalue weighted by Crippen LogP contribution is -2.24. The fourth-order valence-corrected chi connectivity index (χ4v) is 2.59. The molecule has 3 rings (SSSR count). The highest BCUT2D eigenvalue weighted by Crippen LogP contribution is 2.17. The van der Waals surface area contributed by atoms with E-state index in [9.17, 15) is 9.59 Å². The van der Waals surface area contributed by atoms with Gasteiger partial charge in [0.05, 0.1) is 12.4 Å². The summed E-state index contributed by atoms with van der Waals surface area (Å²) >= 11 is 0. The summed E-state index contributed by atoms with van der Waals surface area (Å²) in [4.78, 5) is 31.7. The summed E-state index contributed by atoms with van der Waals surface area (Å²) in [5.74, 6) is 0.116. The molecule has 0 bridgehead atoms. The Morgan fingerprint density at radius 2 is 1.71 bits per heavy atom. The summed E-state index contributed by atoms with van der Waals surface area (Å²) < 4.78 is 0. The number of aryl methyl sites for hydroxylation is 1. The molecule has 0 spiro atoms. The van der Waals surface area contributed by atoms with Crippen molar-refractivity contribution in [2.45, 2.75) is 20.4 Å². The molecule has 0 radical (unpaired) electrons. The Bertz CT molecular complexity index is 969. The predicted molar refractivity (Wildman–Crippen MR) is 108 cm³/mol. The molecule has 28 heavy (non-hydrogen) atoms. The minimum atomic E-state index is -0.278. The summed E-state index contributed by atoms with van der Waals surface area (Å²) in [6.07, 6.45) is 2.93. The molecule has 0 aliphatic carbocycles. The molecular formula is C21H21N5O2. The number of carbonyl (C=O) groups excluding carboxylic acids is 2. The van der Waals surface area contributed by atoms with Gasteiger partial charge in [0.15, 0.2) is 0 Å². The third kappa shape index (κ3) is 5.38. The zero-order chi connectivity index (χ0) is 19.9. The van der Waals surface area contributed by atoms with Crippen LogP contribution < -0.4 is 16.0 Å². The standard InChI is InChI=1S/C21H21N5O2/c1-14-4-3-5-16(10-14)11-24-21(28)19-12-23-20(13-22-19)26-18-8-6-17(7-9-18)25-15(2)27/h3-10,12-13H,11H2,1-2H3,(H,23,26)(H,24,28)(H,25,27). The largest absolute Gasteiger partial charge is 0.347 e. The third-order valence-corrected chi connectivity index (χ3v) is 3.90. The summed E-state index contributed by atoms with van der Waals surface area (Å²) in [6.45, 7) is 3.90. The average molecular weight is 375 g/mol. The Morgan fingerprint density at radius 3 is 2.36 bits per heavy atom. The quantitative estimate of drug-likeness (QED) is 0.613. The number of amides is 2. The molecule has 0 aliphatic heterocycles. The van der Waals surface area contributed by atoms with Crippen LogP contribution in [0, 0.1) is 6.92 Å². The topological polar surface area (TPSA) is 96.0 Å². The molecule has 1 aromatic heterocycles. The second-order valence-electron chi connectivity index (χ2n) is 6.34. The maximum Gasteiger partial charge on any atom is 0.271 e. The second-order valence-corrected chi connectivity index (χ2v) is 6.34. The van der Waals surface area contributed by atoms with Crippen LogP contribution in [0.5, 0.6) is 0 Å². The van der Waals surface area contributed by atoms with Gasteiger partial charge in [0.2, 0.25) is 5.91 Å². The van der Waals surface area contributed by atoms with Crippen molar-refractivity contribution in [2.75, 3.05) is 10.6 Å². The van der Waals surface area contributed by atoms with Crippen molar-refractivity contribution in [3.8, 4) is 0 Å². The van der Waals surface area contributed by atoms with Crippen molar-refractivity contribution in [3.05, 3.63) is 77.7 Å². The third-order valence-electron chi connectivity index (χ3n) is 3.90. The highest BCUT2D eigenvalue weighted by Gasteiger charge is 2.08. The Labute approximate surface area is 163 Å². The van der Waals surface area contributed by atoms with Gasteiger partial charge in [-0.3, -0.25) is 9.59 Å². The van der Waals surface area contributed by atoms with Gasteiger partial charge in [-0.2, -0.15) is 0 Å². The molecule has 2 amide bonds. The number of benzene rings is 2. The van der Waals surface area contributed by atoms with Gasteiger partial charge in [-0.15, -0.1) is 0 Å². The van der Waals surface area contributed by atoms with E-state index in [1.165, 1.54) is 19.3 Å². The highest BCUT2D eigenvalue weighted by molar-refractivity contribution is 5.92.